The first-order valence-electron chi connectivity index (χ1n) is 11.5. The maximum Gasteiger partial charge on any atom is 0.180 e. The molecule has 1 fully saturated rings. The van der Waals surface area contributed by atoms with Crippen LogP contribution in [0.3, 0.4) is 0 Å². The number of nitrogen functional groups attached to an aromatic ring is 1. The second kappa shape index (κ2) is 8.56. The topological polar surface area (TPSA) is 72.9 Å². The molecule has 4 aromatic rings. The van der Waals surface area contributed by atoms with Crippen molar-refractivity contribution in [3.05, 3.63) is 64.6 Å². The minimum absolute atomic E-state index is 0.589. The minimum Gasteiger partial charge on any atom is -0.375 e. The molecule has 0 bridgehead atoms. The van der Waals surface area contributed by atoms with Gasteiger partial charge in [0, 0.05) is 30.1 Å². The summed E-state index contributed by atoms with van der Waals surface area (Å²) in [6.45, 7) is 3.26. The van der Waals surface area contributed by atoms with Crippen LogP contribution in [-0.4, -0.2) is 37.7 Å². The summed E-state index contributed by atoms with van der Waals surface area (Å²) in [6.07, 6.45) is 9.27. The summed E-state index contributed by atoms with van der Waals surface area (Å²) in [5.41, 5.74) is 13.5. The van der Waals surface area contributed by atoms with Crippen molar-refractivity contribution in [2.75, 3.05) is 18.8 Å². The van der Waals surface area contributed by atoms with Crippen LogP contribution in [-0.2, 0) is 19.4 Å². The third kappa shape index (κ3) is 3.84. The molecule has 0 radical (unpaired) electrons. The van der Waals surface area contributed by atoms with E-state index in [1.165, 1.54) is 41.7 Å². The summed E-state index contributed by atoms with van der Waals surface area (Å²) >= 11 is 8.41. The van der Waals surface area contributed by atoms with E-state index in [4.69, 9.17) is 22.4 Å². The molecule has 8 heteroatoms. The van der Waals surface area contributed by atoms with Crippen LogP contribution >= 0.6 is 22.9 Å². The number of pyridine rings is 1. The van der Waals surface area contributed by atoms with Crippen molar-refractivity contribution in [1.29, 1.82) is 0 Å². The number of halogens is 1. The van der Waals surface area contributed by atoms with E-state index >= 15 is 0 Å². The average molecular weight is 477 g/mol. The number of hydrogen-bond donors (Lipinski definition) is 1. The van der Waals surface area contributed by atoms with E-state index < -0.39 is 0 Å². The van der Waals surface area contributed by atoms with Gasteiger partial charge in [-0.05, 0) is 68.6 Å². The minimum atomic E-state index is 0.589. The van der Waals surface area contributed by atoms with E-state index in [-0.39, 0.29) is 0 Å². The van der Waals surface area contributed by atoms with E-state index in [2.05, 4.69) is 39.1 Å². The van der Waals surface area contributed by atoms with Crippen molar-refractivity contribution in [3.63, 3.8) is 0 Å². The summed E-state index contributed by atoms with van der Waals surface area (Å²) in [5, 5.41) is 6.36. The molecular formula is C25H25ClN6S. The second-order valence-electron chi connectivity index (χ2n) is 8.78. The average Bonchev–Trinajstić information content (AvgIpc) is 3.40. The van der Waals surface area contributed by atoms with Crippen LogP contribution in [0.4, 0.5) is 5.13 Å². The number of thiazole rings is 1. The number of benzene rings is 1. The van der Waals surface area contributed by atoms with Crippen LogP contribution in [0.1, 0.15) is 36.1 Å². The van der Waals surface area contributed by atoms with Crippen molar-refractivity contribution in [2.45, 2.75) is 38.6 Å². The zero-order valence-corrected chi connectivity index (χ0v) is 19.9. The van der Waals surface area contributed by atoms with Gasteiger partial charge in [-0.2, -0.15) is 5.10 Å². The maximum absolute atomic E-state index is 6.88. The quantitative estimate of drug-likeness (QED) is 0.428. The van der Waals surface area contributed by atoms with E-state index in [0.717, 1.165) is 65.7 Å². The van der Waals surface area contributed by atoms with Gasteiger partial charge in [-0.3, -0.25) is 9.88 Å². The van der Waals surface area contributed by atoms with Gasteiger partial charge in [0.05, 0.1) is 32.7 Å². The highest BCUT2D eigenvalue weighted by Gasteiger charge is 2.30. The van der Waals surface area contributed by atoms with E-state index in [1.807, 2.05) is 16.9 Å². The number of anilines is 1. The predicted molar refractivity (Wildman–Crippen MR) is 134 cm³/mol. The number of nitrogens with two attached hydrogens (primary N) is 1. The molecule has 2 aliphatic rings. The molecular weight excluding hydrogens is 452 g/mol. The van der Waals surface area contributed by atoms with Crippen molar-refractivity contribution in [2.24, 2.45) is 0 Å². The number of likely N-dealkylation sites (tertiary alicyclic amines) is 1. The Balaban J connectivity index is 1.45. The van der Waals surface area contributed by atoms with Crippen LogP contribution in [0.25, 0.3) is 27.5 Å². The fourth-order valence-electron chi connectivity index (χ4n) is 4.99. The van der Waals surface area contributed by atoms with Gasteiger partial charge in [0.15, 0.2) is 5.13 Å². The van der Waals surface area contributed by atoms with Crippen LogP contribution in [0.5, 0.6) is 0 Å². The monoisotopic (exact) mass is 476 g/mol. The molecule has 2 N–H and O–H groups in total. The first-order chi connectivity index (χ1) is 16.2. The van der Waals surface area contributed by atoms with Gasteiger partial charge in [0.25, 0.3) is 0 Å². The Kier molecular flexibility index (Phi) is 5.40. The Morgan fingerprint density at radius 2 is 1.97 bits per heavy atom. The van der Waals surface area contributed by atoms with Crippen LogP contribution < -0.4 is 5.73 Å². The third-order valence-corrected chi connectivity index (χ3v) is 7.79. The van der Waals surface area contributed by atoms with Gasteiger partial charge in [0.1, 0.15) is 0 Å². The Morgan fingerprint density at radius 3 is 2.76 bits per heavy atom. The Morgan fingerprint density at radius 1 is 1.09 bits per heavy atom. The fraction of sp³-hybridized carbons (Fsp3) is 0.320. The number of piperidine rings is 1. The molecule has 6 nitrogen and oxygen atoms in total. The SMILES string of the molecule is Nc1nc2c(s1)-c1c(c(-c3cccnc3)nn1-c1ccc(CN3CCCCC3)cc1Cl)CC2. The molecule has 0 atom stereocenters. The first-order valence-corrected chi connectivity index (χ1v) is 12.7. The van der Waals surface area contributed by atoms with Crippen molar-refractivity contribution >= 4 is 28.1 Å². The molecule has 4 heterocycles. The number of nitrogens with zero attached hydrogens (tertiary/aromatic N) is 5. The third-order valence-electron chi connectivity index (χ3n) is 6.55. The Hall–Kier alpha value is -2.74. The lowest BCUT2D eigenvalue weighted by Crippen LogP contribution is -2.29. The lowest BCUT2D eigenvalue weighted by atomic mass is 9.95. The molecule has 0 spiro atoms. The van der Waals surface area contributed by atoms with Crippen LogP contribution in [0.2, 0.25) is 5.02 Å². The Labute approximate surface area is 202 Å². The van der Waals surface area contributed by atoms with Crippen molar-refractivity contribution in [1.82, 2.24) is 24.6 Å². The largest absolute Gasteiger partial charge is 0.375 e. The lowest BCUT2D eigenvalue weighted by molar-refractivity contribution is 0.221. The highest BCUT2D eigenvalue weighted by atomic mass is 35.5. The van der Waals surface area contributed by atoms with Gasteiger partial charge >= 0.3 is 0 Å². The number of hydrogen-bond acceptors (Lipinski definition) is 6. The Bertz CT molecular complexity index is 1310. The highest BCUT2D eigenvalue weighted by Crippen LogP contribution is 2.44. The lowest BCUT2D eigenvalue weighted by Gasteiger charge is -2.26. The van der Waals surface area contributed by atoms with Gasteiger partial charge in [-0.25, -0.2) is 9.67 Å². The molecule has 1 aliphatic heterocycles. The molecule has 1 aliphatic carbocycles. The normalized spacial score (nSPS) is 15.9. The first kappa shape index (κ1) is 20.8. The second-order valence-corrected chi connectivity index (χ2v) is 10.2. The zero-order valence-electron chi connectivity index (χ0n) is 18.3. The molecule has 0 unspecified atom stereocenters. The van der Waals surface area contributed by atoms with E-state index in [9.17, 15) is 0 Å². The summed E-state index contributed by atoms with van der Waals surface area (Å²) in [5.74, 6) is 0. The van der Waals surface area contributed by atoms with Gasteiger partial charge in [-0.15, -0.1) is 0 Å². The smallest absolute Gasteiger partial charge is 0.180 e. The highest BCUT2D eigenvalue weighted by molar-refractivity contribution is 7.18. The van der Waals surface area contributed by atoms with Gasteiger partial charge in [-0.1, -0.05) is 35.4 Å². The number of fused-ring (bicyclic) bond motifs is 3. The molecule has 0 saturated carbocycles. The molecule has 6 rings (SSSR count). The standard InChI is InChI=1S/C25H25ClN6S/c26-19-13-16(15-31-11-2-1-3-12-31)6-9-21(19)32-23-18(7-8-20-24(23)33-25(27)29-20)22(30-32)17-5-4-10-28-14-17/h4-6,9-10,13-14H,1-3,7-8,11-12,15H2,(H2,27,29). The molecule has 3 aromatic heterocycles. The van der Waals surface area contributed by atoms with Crippen molar-refractivity contribution < 1.29 is 0 Å². The number of aromatic nitrogens is 4. The maximum atomic E-state index is 6.88. The fourth-order valence-corrected chi connectivity index (χ4v) is 6.21. The molecule has 33 heavy (non-hydrogen) atoms. The summed E-state index contributed by atoms with van der Waals surface area (Å²) < 4.78 is 1.99. The van der Waals surface area contributed by atoms with Gasteiger partial charge in [0.2, 0.25) is 0 Å². The molecule has 1 aromatic carbocycles. The molecule has 0 amide bonds. The zero-order chi connectivity index (χ0) is 22.4. The molecule has 168 valence electrons. The molecule has 1 saturated heterocycles. The number of aryl methyl sites for hydroxylation is 1. The van der Waals surface area contributed by atoms with Crippen LogP contribution in [0.15, 0.2) is 42.7 Å². The summed E-state index contributed by atoms with van der Waals surface area (Å²) in [7, 11) is 0. The predicted octanol–water partition coefficient (Wildman–Crippen LogP) is 5.38. The van der Waals surface area contributed by atoms with Crippen LogP contribution in [0, 0.1) is 0 Å². The van der Waals surface area contributed by atoms with E-state index in [1.54, 1.807) is 6.20 Å². The number of rotatable bonds is 4. The summed E-state index contributed by atoms with van der Waals surface area (Å²) in [6, 6.07) is 10.4. The van der Waals surface area contributed by atoms with Crippen molar-refractivity contribution in [3.8, 4) is 27.5 Å². The van der Waals surface area contributed by atoms with E-state index in [0.29, 0.717) is 10.2 Å². The summed E-state index contributed by atoms with van der Waals surface area (Å²) in [4.78, 5) is 12.5. The van der Waals surface area contributed by atoms with Gasteiger partial charge < -0.3 is 5.73 Å².